The van der Waals surface area contributed by atoms with Gasteiger partial charge >= 0.3 is 18.0 Å². The van der Waals surface area contributed by atoms with Gasteiger partial charge in [0, 0.05) is 12.7 Å². The SMILES string of the molecule is CN(C(=O)C(F)(F)C(F)(F)F)c1ccc(S(N)(=O)=O)cc1. The molecular weight excluding hydrogens is 323 g/mol. The van der Waals surface area contributed by atoms with E-state index in [1.807, 2.05) is 0 Å². The molecule has 0 spiro atoms. The Kier molecular flexibility index (Phi) is 4.30. The van der Waals surface area contributed by atoms with E-state index in [0.29, 0.717) is 7.05 Å². The summed E-state index contributed by atoms with van der Waals surface area (Å²) in [7, 11) is -3.35. The second-order valence-corrected chi connectivity index (χ2v) is 5.54. The third-order valence-corrected chi connectivity index (χ3v) is 3.41. The maximum atomic E-state index is 12.9. The first kappa shape index (κ1) is 17.3. The fourth-order valence-electron chi connectivity index (χ4n) is 1.31. The monoisotopic (exact) mass is 332 g/mol. The topological polar surface area (TPSA) is 80.5 Å². The Balaban J connectivity index is 3.10. The Morgan fingerprint density at radius 2 is 1.52 bits per heavy atom. The van der Waals surface area contributed by atoms with Crippen LogP contribution >= 0.6 is 0 Å². The van der Waals surface area contributed by atoms with Crippen molar-refractivity contribution in [2.24, 2.45) is 5.14 Å². The van der Waals surface area contributed by atoms with Crippen molar-refractivity contribution in [2.45, 2.75) is 17.0 Å². The van der Waals surface area contributed by atoms with Crippen LogP contribution in [0.3, 0.4) is 0 Å². The molecule has 5 nitrogen and oxygen atoms in total. The van der Waals surface area contributed by atoms with Crippen molar-refractivity contribution in [1.29, 1.82) is 0 Å². The number of primary sulfonamides is 1. The smallest absolute Gasteiger partial charge is 0.310 e. The van der Waals surface area contributed by atoms with Crippen LogP contribution < -0.4 is 10.0 Å². The molecule has 0 heterocycles. The third-order valence-electron chi connectivity index (χ3n) is 2.48. The molecule has 0 fully saturated rings. The first-order valence-corrected chi connectivity index (χ1v) is 6.68. The molecule has 0 aliphatic carbocycles. The van der Waals surface area contributed by atoms with Crippen molar-refractivity contribution >= 4 is 21.6 Å². The van der Waals surface area contributed by atoms with Gasteiger partial charge in [-0.25, -0.2) is 13.6 Å². The van der Waals surface area contributed by atoms with E-state index < -0.39 is 28.0 Å². The molecule has 0 radical (unpaired) electrons. The van der Waals surface area contributed by atoms with E-state index >= 15 is 0 Å². The van der Waals surface area contributed by atoms with Gasteiger partial charge in [-0.1, -0.05) is 0 Å². The van der Waals surface area contributed by atoms with Crippen LogP contribution in [0, 0.1) is 0 Å². The van der Waals surface area contributed by atoms with Gasteiger partial charge in [-0.05, 0) is 24.3 Å². The highest BCUT2D eigenvalue weighted by Crippen LogP contribution is 2.37. The highest BCUT2D eigenvalue weighted by molar-refractivity contribution is 7.89. The highest BCUT2D eigenvalue weighted by atomic mass is 32.2. The lowest BCUT2D eigenvalue weighted by molar-refractivity contribution is -0.268. The molecule has 1 aromatic rings. The van der Waals surface area contributed by atoms with Gasteiger partial charge < -0.3 is 4.90 Å². The lowest BCUT2D eigenvalue weighted by atomic mass is 10.2. The second-order valence-electron chi connectivity index (χ2n) is 3.98. The number of nitrogens with two attached hydrogens (primary N) is 1. The van der Waals surface area contributed by atoms with Gasteiger partial charge in [0.1, 0.15) is 0 Å². The summed E-state index contributed by atoms with van der Waals surface area (Å²) in [6.07, 6.45) is -6.03. The Morgan fingerprint density at radius 1 is 1.10 bits per heavy atom. The van der Waals surface area contributed by atoms with Crippen molar-refractivity contribution in [1.82, 2.24) is 0 Å². The largest absolute Gasteiger partial charge is 0.463 e. The molecule has 11 heteroatoms. The summed E-state index contributed by atoms with van der Waals surface area (Å²) in [4.78, 5) is 10.9. The van der Waals surface area contributed by atoms with Crippen LogP contribution in [-0.4, -0.2) is 33.5 Å². The first-order chi connectivity index (χ1) is 9.28. The Labute approximate surface area is 116 Å². The zero-order valence-corrected chi connectivity index (χ0v) is 11.2. The molecule has 118 valence electrons. The van der Waals surface area contributed by atoms with Crippen LogP contribution in [0.15, 0.2) is 29.2 Å². The average molecular weight is 332 g/mol. The molecule has 1 aromatic carbocycles. The first-order valence-electron chi connectivity index (χ1n) is 5.14. The molecule has 0 aliphatic heterocycles. The van der Waals surface area contributed by atoms with Crippen molar-refractivity contribution in [3.8, 4) is 0 Å². The lowest BCUT2D eigenvalue weighted by Crippen LogP contribution is -2.51. The molecule has 0 atom stereocenters. The number of anilines is 1. The van der Waals surface area contributed by atoms with Crippen LogP contribution in [0.2, 0.25) is 0 Å². The Morgan fingerprint density at radius 3 is 1.86 bits per heavy atom. The Bertz CT molecular complexity index is 640. The van der Waals surface area contributed by atoms with E-state index in [-0.39, 0.29) is 15.5 Å². The van der Waals surface area contributed by atoms with Crippen LogP contribution in [0.1, 0.15) is 0 Å². The maximum Gasteiger partial charge on any atom is 0.463 e. The number of amides is 1. The predicted octanol–water partition coefficient (Wildman–Crippen LogP) is 1.49. The molecule has 0 aromatic heterocycles. The number of hydrogen-bond acceptors (Lipinski definition) is 3. The highest BCUT2D eigenvalue weighted by Gasteiger charge is 2.64. The summed E-state index contributed by atoms with van der Waals surface area (Å²) in [5, 5.41) is 4.79. The van der Waals surface area contributed by atoms with E-state index in [9.17, 15) is 35.2 Å². The van der Waals surface area contributed by atoms with Crippen LogP contribution in [-0.2, 0) is 14.8 Å². The van der Waals surface area contributed by atoms with Crippen molar-refractivity contribution < 1.29 is 35.2 Å². The Hall–Kier alpha value is -1.75. The minimum atomic E-state index is -6.03. The van der Waals surface area contributed by atoms with Crippen LogP contribution in [0.4, 0.5) is 27.6 Å². The van der Waals surface area contributed by atoms with Gasteiger partial charge in [-0.15, -0.1) is 0 Å². The van der Waals surface area contributed by atoms with Gasteiger partial charge in [0.25, 0.3) is 0 Å². The maximum absolute atomic E-state index is 12.9. The van der Waals surface area contributed by atoms with Gasteiger partial charge in [0.2, 0.25) is 10.0 Å². The van der Waals surface area contributed by atoms with Crippen LogP contribution in [0.25, 0.3) is 0 Å². The number of carbonyl (C=O) groups is 1. The minimum absolute atomic E-state index is 0.0698. The van der Waals surface area contributed by atoms with E-state index in [1.54, 1.807) is 0 Å². The fourth-order valence-corrected chi connectivity index (χ4v) is 1.82. The van der Waals surface area contributed by atoms with E-state index in [0.717, 1.165) is 24.3 Å². The number of alkyl halides is 5. The average Bonchev–Trinajstić information content (AvgIpc) is 2.34. The van der Waals surface area contributed by atoms with Crippen molar-refractivity contribution in [3.05, 3.63) is 24.3 Å². The zero-order valence-electron chi connectivity index (χ0n) is 10.4. The summed E-state index contributed by atoms with van der Waals surface area (Å²) in [5.41, 5.74) is -0.351. The van der Waals surface area contributed by atoms with Crippen molar-refractivity contribution in [2.75, 3.05) is 11.9 Å². The summed E-state index contributed by atoms with van der Waals surface area (Å²) >= 11 is 0. The summed E-state index contributed by atoms with van der Waals surface area (Å²) < 4.78 is 84.0. The predicted molar refractivity (Wildman–Crippen MR) is 62.2 cm³/mol. The number of halogens is 5. The van der Waals surface area contributed by atoms with Crippen LogP contribution in [0.5, 0.6) is 0 Å². The van der Waals surface area contributed by atoms with Gasteiger partial charge in [-0.2, -0.15) is 22.0 Å². The molecule has 2 N–H and O–H groups in total. The van der Waals surface area contributed by atoms with E-state index in [2.05, 4.69) is 0 Å². The molecule has 1 rings (SSSR count). The molecule has 0 unspecified atom stereocenters. The number of carbonyl (C=O) groups excluding carboxylic acids is 1. The fraction of sp³-hybridized carbons (Fsp3) is 0.300. The van der Waals surface area contributed by atoms with Gasteiger partial charge in [0.15, 0.2) is 0 Å². The molecule has 0 aliphatic rings. The van der Waals surface area contributed by atoms with Gasteiger partial charge in [-0.3, -0.25) is 4.79 Å². The summed E-state index contributed by atoms with van der Waals surface area (Å²) in [6.45, 7) is 0. The molecule has 21 heavy (non-hydrogen) atoms. The zero-order chi connectivity index (χ0) is 16.6. The van der Waals surface area contributed by atoms with Gasteiger partial charge in [0.05, 0.1) is 4.90 Å². The molecular formula is C10H9F5N2O3S. The standard InChI is InChI=1S/C10H9F5N2O3S/c1-17(8(18)9(11,12)10(13,14)15)6-2-4-7(5-3-6)21(16,19)20/h2-5H,1H3,(H2,16,19,20). The van der Waals surface area contributed by atoms with E-state index in [4.69, 9.17) is 5.14 Å². The summed E-state index contributed by atoms with van der Waals surface area (Å²) in [6, 6.07) is 3.51. The van der Waals surface area contributed by atoms with Crippen molar-refractivity contribution in [3.63, 3.8) is 0 Å². The quantitative estimate of drug-likeness (QED) is 0.852. The number of sulfonamides is 1. The van der Waals surface area contributed by atoms with E-state index in [1.165, 1.54) is 0 Å². The molecule has 0 bridgehead atoms. The second kappa shape index (κ2) is 5.22. The molecule has 0 saturated heterocycles. The number of rotatable bonds is 3. The minimum Gasteiger partial charge on any atom is -0.310 e. The third kappa shape index (κ3) is 3.47. The molecule has 0 saturated carbocycles. The summed E-state index contributed by atoms with van der Waals surface area (Å²) in [5.74, 6) is -8.04. The normalized spacial score (nSPS) is 13.1. The number of nitrogens with zero attached hydrogens (tertiary/aromatic N) is 1. The number of hydrogen-bond donors (Lipinski definition) is 1. The number of benzene rings is 1. The molecule has 1 amide bonds. The lowest BCUT2D eigenvalue weighted by Gasteiger charge is -2.24.